The van der Waals surface area contributed by atoms with Crippen molar-refractivity contribution in [2.45, 2.75) is 53.5 Å². The summed E-state index contributed by atoms with van der Waals surface area (Å²) in [5.41, 5.74) is 7.32. The van der Waals surface area contributed by atoms with Crippen molar-refractivity contribution < 1.29 is 9.15 Å². The first-order valence-electron chi connectivity index (χ1n) is 10.0. The highest BCUT2D eigenvalue weighted by molar-refractivity contribution is 5.86. The first kappa shape index (κ1) is 18.6. The molecule has 4 heteroatoms. The van der Waals surface area contributed by atoms with Gasteiger partial charge in [-0.25, -0.2) is 4.79 Å². The molecule has 0 spiro atoms. The molecule has 0 bridgehead atoms. The van der Waals surface area contributed by atoms with E-state index in [1.165, 1.54) is 22.4 Å². The molecule has 1 aliphatic heterocycles. The van der Waals surface area contributed by atoms with Gasteiger partial charge in [-0.1, -0.05) is 31.0 Å². The highest BCUT2D eigenvalue weighted by Gasteiger charge is 2.24. The summed E-state index contributed by atoms with van der Waals surface area (Å²) >= 11 is 0. The van der Waals surface area contributed by atoms with E-state index in [0.29, 0.717) is 18.9 Å². The fraction of sp³-hybridized carbons (Fsp3) is 0.375. The van der Waals surface area contributed by atoms with E-state index in [4.69, 9.17) is 9.15 Å². The van der Waals surface area contributed by atoms with Crippen LogP contribution < -0.4 is 15.3 Å². The molecule has 4 rings (SSSR count). The molecule has 0 N–H and O–H groups in total. The minimum atomic E-state index is -0.285. The van der Waals surface area contributed by atoms with Gasteiger partial charge in [-0.15, -0.1) is 0 Å². The summed E-state index contributed by atoms with van der Waals surface area (Å²) in [6.07, 6.45) is 3.04. The SMILES string of the molecule is CCCCc1cc(=O)oc2c3c(ccc12)OCN(c1c(C)cc(C)cc1C)C3. The Labute approximate surface area is 165 Å². The number of hydrogen-bond acceptors (Lipinski definition) is 4. The number of nitrogens with zero attached hydrogens (tertiary/aromatic N) is 1. The zero-order valence-corrected chi connectivity index (χ0v) is 17.1. The number of aryl methyl sites for hydroxylation is 4. The van der Waals surface area contributed by atoms with E-state index in [-0.39, 0.29) is 5.63 Å². The summed E-state index contributed by atoms with van der Waals surface area (Å²) in [5, 5.41) is 1.02. The molecule has 1 aliphatic rings. The lowest BCUT2D eigenvalue weighted by atomic mass is 9.99. The molecule has 146 valence electrons. The van der Waals surface area contributed by atoms with Crippen molar-refractivity contribution >= 4 is 16.7 Å². The van der Waals surface area contributed by atoms with Gasteiger partial charge in [0.15, 0.2) is 6.73 Å². The Bertz CT molecular complexity index is 1070. The molecule has 0 saturated carbocycles. The average molecular weight is 377 g/mol. The minimum absolute atomic E-state index is 0.285. The van der Waals surface area contributed by atoms with E-state index in [9.17, 15) is 4.79 Å². The van der Waals surface area contributed by atoms with Crippen LogP contribution in [0.15, 0.2) is 39.5 Å². The maximum absolute atomic E-state index is 12.2. The van der Waals surface area contributed by atoms with Gasteiger partial charge in [-0.2, -0.15) is 0 Å². The van der Waals surface area contributed by atoms with Crippen LogP contribution in [-0.2, 0) is 13.0 Å². The molecule has 3 aromatic rings. The number of fused-ring (bicyclic) bond motifs is 3. The van der Waals surface area contributed by atoms with Crippen molar-refractivity contribution in [1.82, 2.24) is 0 Å². The Morgan fingerprint density at radius 2 is 1.82 bits per heavy atom. The maximum Gasteiger partial charge on any atom is 0.336 e. The van der Waals surface area contributed by atoms with Crippen molar-refractivity contribution in [2.24, 2.45) is 0 Å². The smallest absolute Gasteiger partial charge is 0.336 e. The Morgan fingerprint density at radius 3 is 2.54 bits per heavy atom. The largest absolute Gasteiger partial charge is 0.473 e. The van der Waals surface area contributed by atoms with Gasteiger partial charge < -0.3 is 14.1 Å². The molecule has 28 heavy (non-hydrogen) atoms. The molecule has 2 heterocycles. The van der Waals surface area contributed by atoms with Crippen molar-refractivity contribution in [2.75, 3.05) is 11.6 Å². The van der Waals surface area contributed by atoms with Crippen LogP contribution in [0.2, 0.25) is 0 Å². The first-order chi connectivity index (χ1) is 13.5. The van der Waals surface area contributed by atoms with Crippen molar-refractivity contribution in [3.05, 3.63) is 68.6 Å². The van der Waals surface area contributed by atoms with Crippen LogP contribution >= 0.6 is 0 Å². The van der Waals surface area contributed by atoms with E-state index in [2.05, 4.69) is 44.7 Å². The second kappa shape index (κ2) is 7.34. The molecular weight excluding hydrogens is 350 g/mol. The van der Waals surface area contributed by atoms with Gasteiger partial charge in [0, 0.05) is 17.1 Å². The second-order valence-corrected chi connectivity index (χ2v) is 7.83. The van der Waals surface area contributed by atoms with Gasteiger partial charge in [0.2, 0.25) is 0 Å². The number of ether oxygens (including phenoxy) is 1. The highest BCUT2D eigenvalue weighted by atomic mass is 16.5. The number of rotatable bonds is 4. The van der Waals surface area contributed by atoms with Gasteiger partial charge in [0.05, 0.1) is 12.1 Å². The Morgan fingerprint density at radius 1 is 1.07 bits per heavy atom. The van der Waals surface area contributed by atoms with Crippen LogP contribution in [0, 0.1) is 20.8 Å². The molecule has 0 unspecified atom stereocenters. The lowest BCUT2D eigenvalue weighted by Crippen LogP contribution is -2.33. The van der Waals surface area contributed by atoms with Gasteiger partial charge in [0.1, 0.15) is 11.3 Å². The molecule has 2 aromatic carbocycles. The average Bonchev–Trinajstić information content (AvgIpc) is 2.65. The van der Waals surface area contributed by atoms with Crippen LogP contribution in [0.4, 0.5) is 5.69 Å². The third kappa shape index (κ3) is 3.28. The van der Waals surface area contributed by atoms with E-state index in [1.807, 2.05) is 12.1 Å². The fourth-order valence-electron chi connectivity index (χ4n) is 4.39. The summed E-state index contributed by atoms with van der Waals surface area (Å²) in [4.78, 5) is 14.5. The number of unbranched alkanes of at least 4 members (excludes halogenated alkanes) is 1. The quantitative estimate of drug-likeness (QED) is 0.570. The van der Waals surface area contributed by atoms with E-state index in [1.54, 1.807) is 6.07 Å². The molecule has 0 saturated heterocycles. The Kier molecular flexibility index (Phi) is 4.88. The summed E-state index contributed by atoms with van der Waals surface area (Å²) in [7, 11) is 0. The Balaban J connectivity index is 1.81. The van der Waals surface area contributed by atoms with Crippen molar-refractivity contribution in [3.63, 3.8) is 0 Å². The molecule has 0 aliphatic carbocycles. The lowest BCUT2D eigenvalue weighted by Gasteiger charge is -2.33. The topological polar surface area (TPSA) is 42.7 Å². The number of benzene rings is 2. The van der Waals surface area contributed by atoms with Gasteiger partial charge in [-0.3, -0.25) is 0 Å². The van der Waals surface area contributed by atoms with E-state index in [0.717, 1.165) is 41.5 Å². The predicted molar refractivity (Wildman–Crippen MR) is 113 cm³/mol. The fourth-order valence-corrected chi connectivity index (χ4v) is 4.39. The van der Waals surface area contributed by atoms with Gasteiger partial charge in [0.25, 0.3) is 0 Å². The third-order valence-corrected chi connectivity index (χ3v) is 5.53. The summed E-state index contributed by atoms with van der Waals surface area (Å²) in [6, 6.07) is 10.1. The predicted octanol–water partition coefficient (Wildman–Crippen LogP) is 5.42. The summed E-state index contributed by atoms with van der Waals surface area (Å²) in [5.74, 6) is 0.807. The summed E-state index contributed by atoms with van der Waals surface area (Å²) in [6.45, 7) is 9.70. The van der Waals surface area contributed by atoms with Gasteiger partial charge in [-0.05, 0) is 62.4 Å². The standard InChI is InChI=1S/C24H27NO3/c1-5-6-7-18-12-22(26)28-24-19(18)8-9-21-20(24)13-25(14-27-21)23-16(3)10-15(2)11-17(23)4/h8-12H,5-7,13-14H2,1-4H3. The van der Waals surface area contributed by atoms with Gasteiger partial charge >= 0.3 is 5.63 Å². The zero-order chi connectivity index (χ0) is 19.8. The molecule has 0 amide bonds. The number of anilines is 1. The van der Waals surface area contributed by atoms with E-state index >= 15 is 0 Å². The molecule has 4 nitrogen and oxygen atoms in total. The van der Waals surface area contributed by atoms with E-state index < -0.39 is 0 Å². The van der Waals surface area contributed by atoms with Crippen molar-refractivity contribution in [1.29, 1.82) is 0 Å². The molecule has 0 radical (unpaired) electrons. The van der Waals surface area contributed by atoms with Crippen molar-refractivity contribution in [3.8, 4) is 5.75 Å². The van der Waals surface area contributed by atoms with Crippen LogP contribution in [0.25, 0.3) is 11.0 Å². The third-order valence-electron chi connectivity index (χ3n) is 5.53. The minimum Gasteiger partial charge on any atom is -0.473 e. The first-order valence-corrected chi connectivity index (χ1v) is 10.0. The van der Waals surface area contributed by atoms with Crippen LogP contribution in [-0.4, -0.2) is 6.73 Å². The summed E-state index contributed by atoms with van der Waals surface area (Å²) < 4.78 is 11.7. The molecule has 0 fully saturated rings. The van der Waals surface area contributed by atoms with Crippen LogP contribution in [0.5, 0.6) is 5.75 Å². The normalized spacial score (nSPS) is 13.5. The van der Waals surface area contributed by atoms with Crippen LogP contribution in [0.3, 0.4) is 0 Å². The number of hydrogen-bond donors (Lipinski definition) is 0. The molecule has 1 aromatic heterocycles. The maximum atomic E-state index is 12.2. The molecular formula is C24H27NO3. The highest BCUT2D eigenvalue weighted by Crippen LogP contribution is 2.37. The van der Waals surface area contributed by atoms with Crippen LogP contribution in [0.1, 0.15) is 47.6 Å². The molecule has 0 atom stereocenters. The lowest BCUT2D eigenvalue weighted by molar-refractivity contribution is 0.288. The second-order valence-electron chi connectivity index (χ2n) is 7.83. The zero-order valence-electron chi connectivity index (χ0n) is 17.1. The monoisotopic (exact) mass is 377 g/mol. The Hall–Kier alpha value is -2.75.